The average molecular weight is 290 g/mol. The van der Waals surface area contributed by atoms with Crippen molar-refractivity contribution < 1.29 is 18.7 Å². The largest absolute Gasteiger partial charge is 0.433 e. The topological polar surface area (TPSA) is 61.6 Å². The van der Waals surface area contributed by atoms with Gasteiger partial charge in [0.25, 0.3) is 0 Å². The predicted molar refractivity (Wildman–Crippen MR) is 57.3 cm³/mol. The molecule has 1 aromatic carbocycles. The Kier molecular flexibility index (Phi) is 2.86. The lowest BCUT2D eigenvalue weighted by molar-refractivity contribution is -0.184. The van der Waals surface area contributed by atoms with Crippen LogP contribution < -0.4 is 5.73 Å². The molecule has 0 aromatic heterocycles. The molecule has 6 heteroatoms. The van der Waals surface area contributed by atoms with Crippen molar-refractivity contribution in [1.29, 1.82) is 0 Å². The Labute approximate surface area is 99.6 Å². The van der Waals surface area contributed by atoms with Crippen LogP contribution in [-0.2, 0) is 15.1 Å². The average Bonchev–Trinajstić information content (AvgIpc) is 2.12. The number of hydrogen-bond donors (Lipinski definition) is 1. The third kappa shape index (κ3) is 1.90. The van der Waals surface area contributed by atoms with E-state index in [2.05, 4.69) is 15.9 Å². The molecule has 1 fully saturated rings. The Bertz CT molecular complexity index is 434. The molecule has 1 saturated heterocycles. The highest BCUT2D eigenvalue weighted by Crippen LogP contribution is 2.36. The van der Waals surface area contributed by atoms with Crippen LogP contribution in [0, 0.1) is 5.82 Å². The van der Waals surface area contributed by atoms with Crippen LogP contribution in [0.5, 0.6) is 0 Å². The number of amides is 1. The maximum absolute atomic E-state index is 13.7. The third-order valence-electron chi connectivity index (χ3n) is 2.39. The van der Waals surface area contributed by atoms with E-state index in [1.54, 1.807) is 12.1 Å². The fourth-order valence-corrected chi connectivity index (χ4v) is 1.94. The van der Waals surface area contributed by atoms with E-state index in [0.29, 0.717) is 4.47 Å². The van der Waals surface area contributed by atoms with Gasteiger partial charge in [0.15, 0.2) is 5.60 Å². The normalized spacial score (nSPS) is 17.6. The van der Waals surface area contributed by atoms with Crippen LogP contribution >= 0.6 is 15.9 Å². The van der Waals surface area contributed by atoms with Gasteiger partial charge in [0.05, 0.1) is 13.2 Å². The van der Waals surface area contributed by atoms with Crippen molar-refractivity contribution in [2.45, 2.75) is 5.60 Å². The molecular weight excluding hydrogens is 281 g/mol. The quantitative estimate of drug-likeness (QED) is 0.905. The summed E-state index contributed by atoms with van der Waals surface area (Å²) in [4.78, 5) is 10.8. The molecule has 4 nitrogen and oxygen atoms in total. The SMILES string of the molecule is NC(=O)OC1(c2ccc(Br)cc2F)COC1. The Hall–Kier alpha value is -1.14. The summed E-state index contributed by atoms with van der Waals surface area (Å²) in [6.45, 7) is 0.239. The number of carbonyl (C=O) groups excluding carboxylic acids is 1. The van der Waals surface area contributed by atoms with E-state index in [9.17, 15) is 9.18 Å². The molecule has 0 bridgehead atoms. The van der Waals surface area contributed by atoms with Gasteiger partial charge in [-0.25, -0.2) is 9.18 Å². The van der Waals surface area contributed by atoms with Crippen molar-refractivity contribution in [2.75, 3.05) is 13.2 Å². The van der Waals surface area contributed by atoms with Crippen molar-refractivity contribution >= 4 is 22.0 Å². The lowest BCUT2D eigenvalue weighted by Crippen LogP contribution is -2.51. The summed E-state index contributed by atoms with van der Waals surface area (Å²) in [5, 5.41) is 0. The highest BCUT2D eigenvalue weighted by atomic mass is 79.9. The first-order valence-corrected chi connectivity index (χ1v) is 5.34. The van der Waals surface area contributed by atoms with Gasteiger partial charge in [0, 0.05) is 10.0 Å². The molecule has 0 spiro atoms. The van der Waals surface area contributed by atoms with Crippen LogP contribution in [0.3, 0.4) is 0 Å². The summed E-state index contributed by atoms with van der Waals surface area (Å²) in [5.74, 6) is -0.459. The van der Waals surface area contributed by atoms with Crippen LogP contribution in [0.4, 0.5) is 9.18 Å². The smallest absolute Gasteiger partial charge is 0.405 e. The molecule has 1 amide bonds. The zero-order chi connectivity index (χ0) is 11.8. The second-order valence-corrected chi connectivity index (χ2v) is 4.45. The molecule has 0 radical (unpaired) electrons. The second kappa shape index (κ2) is 4.03. The van der Waals surface area contributed by atoms with Gasteiger partial charge >= 0.3 is 6.09 Å². The Morgan fingerprint density at radius 2 is 2.25 bits per heavy atom. The van der Waals surface area contributed by atoms with Gasteiger partial charge < -0.3 is 15.2 Å². The summed E-state index contributed by atoms with van der Waals surface area (Å²) < 4.78 is 24.2. The third-order valence-corrected chi connectivity index (χ3v) is 2.88. The number of primary amides is 1. The van der Waals surface area contributed by atoms with E-state index in [4.69, 9.17) is 15.2 Å². The summed E-state index contributed by atoms with van der Waals surface area (Å²) in [7, 11) is 0. The van der Waals surface area contributed by atoms with E-state index >= 15 is 0 Å². The molecular formula is C10H9BrFNO3. The minimum Gasteiger partial charge on any atom is -0.433 e. The molecule has 0 unspecified atom stereocenters. The van der Waals surface area contributed by atoms with Crippen molar-refractivity contribution in [1.82, 2.24) is 0 Å². The molecule has 1 aromatic rings. The van der Waals surface area contributed by atoms with E-state index in [0.717, 1.165) is 0 Å². The van der Waals surface area contributed by atoms with Gasteiger partial charge in [-0.05, 0) is 12.1 Å². The molecule has 2 rings (SSSR count). The van der Waals surface area contributed by atoms with E-state index in [1.807, 2.05) is 0 Å². The van der Waals surface area contributed by atoms with Gasteiger partial charge in [-0.1, -0.05) is 22.0 Å². The summed E-state index contributed by atoms with van der Waals surface area (Å²) in [5.41, 5.74) is 4.16. The minimum atomic E-state index is -1.07. The molecule has 1 aliphatic heterocycles. The molecule has 0 saturated carbocycles. The fraction of sp³-hybridized carbons (Fsp3) is 0.300. The van der Waals surface area contributed by atoms with Crippen LogP contribution in [-0.4, -0.2) is 19.3 Å². The van der Waals surface area contributed by atoms with Gasteiger partial charge in [-0.3, -0.25) is 0 Å². The molecule has 1 heterocycles. The summed E-state index contributed by atoms with van der Waals surface area (Å²) >= 11 is 3.15. The standard InChI is InChI=1S/C10H9BrFNO3/c11-6-1-2-7(8(12)3-6)10(4-15-5-10)16-9(13)14/h1-3H,4-5H2,(H2,13,14). The number of ether oxygens (including phenoxy) is 2. The summed E-state index contributed by atoms with van der Waals surface area (Å²) in [6.07, 6.45) is -0.939. The predicted octanol–water partition coefficient (Wildman–Crippen LogP) is 1.91. The second-order valence-electron chi connectivity index (χ2n) is 3.53. The van der Waals surface area contributed by atoms with Crippen LogP contribution in [0.2, 0.25) is 0 Å². The maximum atomic E-state index is 13.7. The first-order chi connectivity index (χ1) is 7.53. The van der Waals surface area contributed by atoms with Gasteiger partial charge in [-0.2, -0.15) is 0 Å². The first kappa shape index (κ1) is 11.3. The van der Waals surface area contributed by atoms with Gasteiger partial charge in [0.2, 0.25) is 0 Å². The molecule has 1 aliphatic rings. The van der Waals surface area contributed by atoms with Crippen molar-refractivity contribution in [3.63, 3.8) is 0 Å². The zero-order valence-electron chi connectivity index (χ0n) is 8.20. The lowest BCUT2D eigenvalue weighted by Gasteiger charge is -2.40. The Balaban J connectivity index is 2.36. The summed E-state index contributed by atoms with van der Waals surface area (Å²) in [6, 6.07) is 4.52. The lowest BCUT2D eigenvalue weighted by atomic mass is 9.91. The fourth-order valence-electron chi connectivity index (χ4n) is 1.61. The minimum absolute atomic E-state index is 0.120. The first-order valence-electron chi connectivity index (χ1n) is 4.55. The number of carbonyl (C=O) groups is 1. The van der Waals surface area contributed by atoms with Crippen molar-refractivity contribution in [3.8, 4) is 0 Å². The molecule has 16 heavy (non-hydrogen) atoms. The van der Waals surface area contributed by atoms with Gasteiger partial charge in [-0.15, -0.1) is 0 Å². The van der Waals surface area contributed by atoms with Crippen molar-refractivity contribution in [3.05, 3.63) is 34.1 Å². The zero-order valence-corrected chi connectivity index (χ0v) is 9.79. The molecule has 0 aliphatic carbocycles. The maximum Gasteiger partial charge on any atom is 0.405 e. The van der Waals surface area contributed by atoms with Gasteiger partial charge in [0.1, 0.15) is 5.82 Å². The number of hydrogen-bond acceptors (Lipinski definition) is 3. The van der Waals surface area contributed by atoms with Crippen molar-refractivity contribution in [2.24, 2.45) is 5.73 Å². The highest BCUT2D eigenvalue weighted by molar-refractivity contribution is 9.10. The highest BCUT2D eigenvalue weighted by Gasteiger charge is 2.46. The van der Waals surface area contributed by atoms with E-state index < -0.39 is 17.5 Å². The van der Waals surface area contributed by atoms with Crippen LogP contribution in [0.15, 0.2) is 22.7 Å². The number of nitrogens with two attached hydrogens (primary N) is 1. The number of halogens is 2. The van der Waals surface area contributed by atoms with E-state index in [1.165, 1.54) is 6.07 Å². The molecule has 86 valence electrons. The monoisotopic (exact) mass is 289 g/mol. The number of benzene rings is 1. The Morgan fingerprint density at radius 1 is 1.56 bits per heavy atom. The molecule has 2 N–H and O–H groups in total. The number of rotatable bonds is 2. The van der Waals surface area contributed by atoms with Crippen LogP contribution in [0.25, 0.3) is 0 Å². The van der Waals surface area contributed by atoms with E-state index in [-0.39, 0.29) is 18.8 Å². The Morgan fingerprint density at radius 3 is 2.69 bits per heavy atom. The molecule has 0 atom stereocenters. The van der Waals surface area contributed by atoms with Crippen LogP contribution in [0.1, 0.15) is 5.56 Å².